The summed E-state index contributed by atoms with van der Waals surface area (Å²) in [5.41, 5.74) is 4.70. The van der Waals surface area contributed by atoms with Gasteiger partial charge in [0.15, 0.2) is 0 Å². The zero-order valence-electron chi connectivity index (χ0n) is 10.3. The number of nitrogens with two attached hydrogens (primary N) is 1. The van der Waals surface area contributed by atoms with Crippen molar-refractivity contribution in [3.63, 3.8) is 0 Å². The van der Waals surface area contributed by atoms with Crippen LogP contribution < -0.4 is 17.0 Å². The largest absolute Gasteiger partial charge is 0.377 e. The van der Waals surface area contributed by atoms with E-state index < -0.39 is 0 Å². The molecule has 0 spiro atoms. The van der Waals surface area contributed by atoms with Crippen LogP contribution in [0.3, 0.4) is 0 Å². The van der Waals surface area contributed by atoms with Gasteiger partial charge in [0.05, 0.1) is 19.3 Å². The fourth-order valence-corrected chi connectivity index (χ4v) is 1.45. The SMILES string of the molecule is CC(C)OCCn1ccc(=O)n(CCN)c1=O. The van der Waals surface area contributed by atoms with Crippen molar-refractivity contribution >= 4 is 0 Å². The summed E-state index contributed by atoms with van der Waals surface area (Å²) in [6.45, 7) is 5.24. The first-order valence-corrected chi connectivity index (χ1v) is 5.68. The van der Waals surface area contributed by atoms with Crippen LogP contribution in [0.5, 0.6) is 0 Å². The van der Waals surface area contributed by atoms with E-state index in [1.165, 1.54) is 16.8 Å². The molecule has 6 heteroatoms. The quantitative estimate of drug-likeness (QED) is 0.721. The molecule has 1 aromatic heterocycles. The number of rotatable bonds is 6. The second kappa shape index (κ2) is 6.36. The van der Waals surface area contributed by atoms with Crippen molar-refractivity contribution in [1.82, 2.24) is 9.13 Å². The van der Waals surface area contributed by atoms with E-state index in [0.29, 0.717) is 13.2 Å². The fourth-order valence-electron chi connectivity index (χ4n) is 1.45. The zero-order chi connectivity index (χ0) is 12.8. The van der Waals surface area contributed by atoms with E-state index in [-0.39, 0.29) is 30.4 Å². The normalized spacial score (nSPS) is 11.1. The van der Waals surface area contributed by atoms with Gasteiger partial charge in [-0.05, 0) is 13.8 Å². The van der Waals surface area contributed by atoms with Crippen molar-refractivity contribution in [2.24, 2.45) is 5.73 Å². The van der Waals surface area contributed by atoms with Gasteiger partial charge >= 0.3 is 5.69 Å². The Labute approximate surface area is 99.6 Å². The van der Waals surface area contributed by atoms with E-state index in [1.807, 2.05) is 13.8 Å². The highest BCUT2D eigenvalue weighted by Gasteiger charge is 2.04. The molecule has 0 aliphatic heterocycles. The highest BCUT2D eigenvalue weighted by molar-refractivity contribution is 4.86. The number of ether oxygens (including phenoxy) is 1. The molecule has 0 saturated heterocycles. The molecule has 0 bridgehead atoms. The van der Waals surface area contributed by atoms with Crippen LogP contribution in [0.2, 0.25) is 0 Å². The summed E-state index contributed by atoms with van der Waals surface area (Å²) in [4.78, 5) is 23.3. The van der Waals surface area contributed by atoms with E-state index in [9.17, 15) is 9.59 Å². The number of nitrogens with zero attached hydrogens (tertiary/aromatic N) is 2. The molecule has 0 atom stereocenters. The summed E-state index contributed by atoms with van der Waals surface area (Å²) in [6, 6.07) is 1.37. The van der Waals surface area contributed by atoms with Gasteiger partial charge in [-0.2, -0.15) is 0 Å². The van der Waals surface area contributed by atoms with Crippen LogP contribution in [0.25, 0.3) is 0 Å². The van der Waals surface area contributed by atoms with Crippen LogP contribution in [0.15, 0.2) is 21.9 Å². The molecule has 96 valence electrons. The minimum absolute atomic E-state index is 0.126. The summed E-state index contributed by atoms with van der Waals surface area (Å²) < 4.78 is 7.95. The van der Waals surface area contributed by atoms with Gasteiger partial charge in [-0.1, -0.05) is 0 Å². The van der Waals surface area contributed by atoms with Gasteiger partial charge in [0.2, 0.25) is 0 Å². The third-order valence-corrected chi connectivity index (χ3v) is 2.28. The van der Waals surface area contributed by atoms with Gasteiger partial charge in [0.25, 0.3) is 5.56 Å². The number of hydrogen-bond donors (Lipinski definition) is 1. The van der Waals surface area contributed by atoms with Crippen molar-refractivity contribution < 1.29 is 4.74 Å². The van der Waals surface area contributed by atoms with E-state index in [0.717, 1.165) is 4.57 Å². The van der Waals surface area contributed by atoms with Crippen LogP contribution in [0.4, 0.5) is 0 Å². The van der Waals surface area contributed by atoms with Crippen molar-refractivity contribution in [2.75, 3.05) is 13.2 Å². The molecule has 0 saturated carbocycles. The minimum atomic E-state index is -0.338. The third kappa shape index (κ3) is 3.83. The molecule has 0 unspecified atom stereocenters. The first-order chi connectivity index (χ1) is 8.06. The fraction of sp³-hybridized carbons (Fsp3) is 0.636. The molecule has 0 radical (unpaired) electrons. The van der Waals surface area contributed by atoms with E-state index in [4.69, 9.17) is 10.5 Å². The molecule has 1 heterocycles. The second-order valence-electron chi connectivity index (χ2n) is 3.99. The van der Waals surface area contributed by atoms with Gasteiger partial charge < -0.3 is 10.5 Å². The zero-order valence-corrected chi connectivity index (χ0v) is 10.3. The smallest absolute Gasteiger partial charge is 0.331 e. The third-order valence-electron chi connectivity index (χ3n) is 2.28. The first kappa shape index (κ1) is 13.7. The van der Waals surface area contributed by atoms with Gasteiger partial charge in [0.1, 0.15) is 0 Å². The Balaban J connectivity index is 2.84. The Hall–Kier alpha value is -1.40. The molecule has 0 aliphatic rings. The molecule has 6 nitrogen and oxygen atoms in total. The number of aromatic nitrogens is 2. The van der Waals surface area contributed by atoms with Crippen LogP contribution in [0.1, 0.15) is 13.8 Å². The maximum Gasteiger partial charge on any atom is 0.331 e. The highest BCUT2D eigenvalue weighted by Crippen LogP contribution is 1.88. The lowest BCUT2D eigenvalue weighted by molar-refractivity contribution is 0.0718. The van der Waals surface area contributed by atoms with Crippen molar-refractivity contribution in [2.45, 2.75) is 33.0 Å². The van der Waals surface area contributed by atoms with Crippen LogP contribution in [0, 0.1) is 0 Å². The van der Waals surface area contributed by atoms with Crippen molar-refractivity contribution in [3.8, 4) is 0 Å². The molecule has 17 heavy (non-hydrogen) atoms. The molecule has 2 N–H and O–H groups in total. The maximum atomic E-state index is 11.9. The van der Waals surface area contributed by atoms with E-state index in [1.54, 1.807) is 0 Å². The van der Waals surface area contributed by atoms with Gasteiger partial charge in [0, 0.05) is 25.4 Å². The minimum Gasteiger partial charge on any atom is -0.377 e. The molecular formula is C11H19N3O3. The maximum absolute atomic E-state index is 11.9. The summed E-state index contributed by atoms with van der Waals surface area (Å²) >= 11 is 0. The Morgan fingerprint density at radius 1 is 1.35 bits per heavy atom. The van der Waals surface area contributed by atoms with E-state index >= 15 is 0 Å². The molecule has 1 aromatic rings. The lowest BCUT2D eigenvalue weighted by Crippen LogP contribution is -2.41. The van der Waals surface area contributed by atoms with E-state index in [2.05, 4.69) is 0 Å². The Bertz CT molecular complexity index is 462. The number of hydrogen-bond acceptors (Lipinski definition) is 4. The Morgan fingerprint density at radius 3 is 2.65 bits per heavy atom. The summed E-state index contributed by atoms with van der Waals surface area (Å²) in [6.07, 6.45) is 1.61. The molecule has 0 fully saturated rings. The van der Waals surface area contributed by atoms with Gasteiger partial charge in [-0.15, -0.1) is 0 Å². The summed E-state index contributed by atoms with van der Waals surface area (Å²) in [5, 5.41) is 0. The summed E-state index contributed by atoms with van der Waals surface area (Å²) in [7, 11) is 0. The van der Waals surface area contributed by atoms with Crippen LogP contribution in [-0.2, 0) is 17.8 Å². The Morgan fingerprint density at radius 2 is 2.06 bits per heavy atom. The van der Waals surface area contributed by atoms with Crippen molar-refractivity contribution in [1.29, 1.82) is 0 Å². The summed E-state index contributed by atoms with van der Waals surface area (Å²) in [5.74, 6) is 0. The molecule has 1 rings (SSSR count). The van der Waals surface area contributed by atoms with Gasteiger partial charge in [-0.25, -0.2) is 4.79 Å². The van der Waals surface area contributed by atoms with Crippen LogP contribution >= 0.6 is 0 Å². The topological polar surface area (TPSA) is 79.2 Å². The average Bonchev–Trinajstić information content (AvgIpc) is 2.27. The molecule has 0 amide bonds. The Kier molecular flexibility index (Phi) is 5.11. The standard InChI is InChI=1S/C11H19N3O3/c1-9(2)17-8-7-13-5-3-10(15)14(6-4-12)11(13)16/h3,5,9H,4,6-8,12H2,1-2H3. The highest BCUT2D eigenvalue weighted by atomic mass is 16.5. The molecular weight excluding hydrogens is 222 g/mol. The lowest BCUT2D eigenvalue weighted by atomic mass is 10.5. The predicted molar refractivity (Wildman–Crippen MR) is 65.1 cm³/mol. The predicted octanol–water partition coefficient (Wildman–Crippen LogP) is -0.606. The van der Waals surface area contributed by atoms with Crippen molar-refractivity contribution in [3.05, 3.63) is 33.1 Å². The lowest BCUT2D eigenvalue weighted by Gasteiger charge is -2.10. The second-order valence-corrected chi connectivity index (χ2v) is 3.99. The van der Waals surface area contributed by atoms with Crippen LogP contribution in [-0.4, -0.2) is 28.4 Å². The van der Waals surface area contributed by atoms with Gasteiger partial charge in [-0.3, -0.25) is 13.9 Å². The first-order valence-electron chi connectivity index (χ1n) is 5.68. The average molecular weight is 241 g/mol. The molecule has 0 aliphatic carbocycles. The monoisotopic (exact) mass is 241 g/mol. The molecule has 0 aromatic carbocycles.